The van der Waals surface area contributed by atoms with E-state index in [-0.39, 0.29) is 18.4 Å². The number of imidazole rings is 1. The number of hydrogen-bond donors (Lipinski definition) is 1. The van der Waals surface area contributed by atoms with Gasteiger partial charge in [-0.15, -0.1) is 0 Å². The zero-order valence-electron chi connectivity index (χ0n) is 15.0. The van der Waals surface area contributed by atoms with Gasteiger partial charge in [-0.25, -0.2) is 4.98 Å². The minimum absolute atomic E-state index is 0.0629. The first-order chi connectivity index (χ1) is 12.1. The van der Waals surface area contributed by atoms with Crippen LogP contribution in [0, 0.1) is 0 Å². The standard InChI is InChI=1S/C19H26N4O2/c1-4-6-13-22(3)19(25)14-23-16-10-8-7-9-15(16)21-17(23)11-12-20-18(24)5-2/h5,7-10H,2,4,6,11-14H2,1,3H3,(H,20,24). The van der Waals surface area contributed by atoms with Crippen molar-refractivity contribution < 1.29 is 9.59 Å². The van der Waals surface area contributed by atoms with Crippen molar-refractivity contribution in [1.82, 2.24) is 19.8 Å². The summed E-state index contributed by atoms with van der Waals surface area (Å²) in [7, 11) is 1.83. The van der Waals surface area contributed by atoms with Gasteiger partial charge in [0.15, 0.2) is 0 Å². The van der Waals surface area contributed by atoms with E-state index in [4.69, 9.17) is 0 Å². The minimum atomic E-state index is -0.210. The molecule has 2 aromatic rings. The molecule has 6 heteroatoms. The molecule has 2 amide bonds. The fourth-order valence-corrected chi connectivity index (χ4v) is 2.64. The van der Waals surface area contributed by atoms with Crippen LogP contribution in [0.25, 0.3) is 11.0 Å². The summed E-state index contributed by atoms with van der Waals surface area (Å²) in [6.07, 6.45) is 3.85. The van der Waals surface area contributed by atoms with Gasteiger partial charge in [0, 0.05) is 26.6 Å². The smallest absolute Gasteiger partial charge is 0.243 e. The molecular formula is C19H26N4O2. The molecule has 0 saturated carbocycles. The molecular weight excluding hydrogens is 316 g/mol. The summed E-state index contributed by atoms with van der Waals surface area (Å²) in [5, 5.41) is 2.75. The predicted molar refractivity (Wildman–Crippen MR) is 99.2 cm³/mol. The second-order valence-electron chi connectivity index (χ2n) is 6.02. The van der Waals surface area contributed by atoms with Crippen molar-refractivity contribution in [1.29, 1.82) is 0 Å². The third-order valence-electron chi connectivity index (χ3n) is 4.13. The summed E-state index contributed by atoms with van der Waals surface area (Å²) < 4.78 is 1.94. The first kappa shape index (κ1) is 18.7. The molecule has 0 radical (unpaired) electrons. The SMILES string of the molecule is C=CC(=O)NCCc1nc2ccccc2n1CC(=O)N(C)CCCC. The maximum Gasteiger partial charge on any atom is 0.243 e. The highest BCUT2D eigenvalue weighted by Crippen LogP contribution is 2.16. The monoisotopic (exact) mass is 342 g/mol. The summed E-state index contributed by atoms with van der Waals surface area (Å²) in [5.41, 5.74) is 1.79. The minimum Gasteiger partial charge on any atom is -0.352 e. The average molecular weight is 342 g/mol. The van der Waals surface area contributed by atoms with Crippen molar-refractivity contribution in [2.24, 2.45) is 0 Å². The number of nitrogens with one attached hydrogen (secondary N) is 1. The van der Waals surface area contributed by atoms with E-state index in [0.29, 0.717) is 13.0 Å². The highest BCUT2D eigenvalue weighted by molar-refractivity contribution is 5.86. The quantitative estimate of drug-likeness (QED) is 0.710. The van der Waals surface area contributed by atoms with Gasteiger partial charge in [-0.3, -0.25) is 9.59 Å². The third kappa shape index (κ3) is 4.92. The van der Waals surface area contributed by atoms with Crippen molar-refractivity contribution in [2.45, 2.75) is 32.7 Å². The Labute approximate surface area is 148 Å². The molecule has 25 heavy (non-hydrogen) atoms. The van der Waals surface area contributed by atoms with E-state index in [0.717, 1.165) is 36.2 Å². The van der Waals surface area contributed by atoms with E-state index < -0.39 is 0 Å². The van der Waals surface area contributed by atoms with Gasteiger partial charge >= 0.3 is 0 Å². The van der Waals surface area contributed by atoms with Crippen LogP contribution in [0.1, 0.15) is 25.6 Å². The summed E-state index contributed by atoms with van der Waals surface area (Å²) in [6, 6.07) is 7.77. The van der Waals surface area contributed by atoms with E-state index >= 15 is 0 Å². The summed E-state index contributed by atoms with van der Waals surface area (Å²) in [4.78, 5) is 30.2. The Balaban J connectivity index is 2.17. The number of unbranched alkanes of at least 4 members (excludes halogenated alkanes) is 1. The maximum atomic E-state index is 12.5. The van der Waals surface area contributed by atoms with E-state index in [1.807, 2.05) is 35.9 Å². The van der Waals surface area contributed by atoms with Crippen LogP contribution in [-0.4, -0.2) is 46.4 Å². The molecule has 0 fully saturated rings. The summed E-state index contributed by atoms with van der Waals surface area (Å²) >= 11 is 0. The van der Waals surface area contributed by atoms with Gasteiger partial charge in [0.25, 0.3) is 0 Å². The molecule has 1 aromatic heterocycles. The number of amides is 2. The zero-order valence-corrected chi connectivity index (χ0v) is 15.0. The van der Waals surface area contributed by atoms with Gasteiger partial charge in [0.05, 0.1) is 11.0 Å². The van der Waals surface area contributed by atoms with Crippen molar-refractivity contribution in [3.8, 4) is 0 Å². The number of nitrogens with zero attached hydrogens (tertiary/aromatic N) is 3. The van der Waals surface area contributed by atoms with Crippen molar-refractivity contribution in [2.75, 3.05) is 20.1 Å². The number of fused-ring (bicyclic) bond motifs is 1. The largest absolute Gasteiger partial charge is 0.352 e. The lowest BCUT2D eigenvalue weighted by Crippen LogP contribution is -2.32. The van der Waals surface area contributed by atoms with Crippen LogP contribution in [0.4, 0.5) is 0 Å². The Kier molecular flexibility index (Phi) is 6.74. The lowest BCUT2D eigenvalue weighted by molar-refractivity contribution is -0.130. The Bertz CT molecular complexity index is 751. The van der Waals surface area contributed by atoms with Crippen LogP contribution in [0.15, 0.2) is 36.9 Å². The van der Waals surface area contributed by atoms with Crippen molar-refractivity contribution >= 4 is 22.8 Å². The Hall–Kier alpha value is -2.63. The predicted octanol–water partition coefficient (Wildman–Crippen LogP) is 2.14. The number of carbonyl (C=O) groups excluding carboxylic acids is 2. The van der Waals surface area contributed by atoms with Gasteiger partial charge in [-0.1, -0.05) is 32.1 Å². The van der Waals surface area contributed by atoms with Crippen LogP contribution < -0.4 is 5.32 Å². The molecule has 0 aliphatic heterocycles. The molecule has 134 valence electrons. The average Bonchev–Trinajstić information content (AvgIpc) is 2.97. The number of carbonyl (C=O) groups is 2. The van der Waals surface area contributed by atoms with Crippen LogP contribution >= 0.6 is 0 Å². The number of benzene rings is 1. The fourth-order valence-electron chi connectivity index (χ4n) is 2.64. The molecule has 1 heterocycles. The van der Waals surface area contributed by atoms with Crippen LogP contribution in [0.2, 0.25) is 0 Å². The Morgan fingerprint density at radius 2 is 2.12 bits per heavy atom. The van der Waals surface area contributed by atoms with Gasteiger partial charge < -0.3 is 14.8 Å². The molecule has 0 bridgehead atoms. The van der Waals surface area contributed by atoms with Crippen LogP contribution in [0.3, 0.4) is 0 Å². The number of likely N-dealkylation sites (N-methyl/N-ethyl adjacent to an activating group) is 1. The summed E-state index contributed by atoms with van der Waals surface area (Å²) in [6.45, 7) is 7.01. The van der Waals surface area contributed by atoms with Gasteiger partial charge in [-0.2, -0.15) is 0 Å². The molecule has 1 N–H and O–H groups in total. The maximum absolute atomic E-state index is 12.5. The summed E-state index contributed by atoms with van der Waals surface area (Å²) in [5.74, 6) is 0.647. The number of hydrogen-bond acceptors (Lipinski definition) is 3. The first-order valence-electron chi connectivity index (χ1n) is 8.65. The van der Waals surface area contributed by atoms with Crippen LogP contribution in [0.5, 0.6) is 0 Å². The number of rotatable bonds is 9. The van der Waals surface area contributed by atoms with E-state index in [9.17, 15) is 9.59 Å². The first-order valence-corrected chi connectivity index (χ1v) is 8.65. The topological polar surface area (TPSA) is 67.2 Å². The Morgan fingerprint density at radius 3 is 2.84 bits per heavy atom. The number of aromatic nitrogens is 2. The van der Waals surface area contributed by atoms with Crippen LogP contribution in [-0.2, 0) is 22.6 Å². The second kappa shape index (κ2) is 9.01. The van der Waals surface area contributed by atoms with E-state index in [1.165, 1.54) is 6.08 Å². The molecule has 0 unspecified atom stereocenters. The lowest BCUT2D eigenvalue weighted by atomic mass is 10.3. The fraction of sp³-hybridized carbons (Fsp3) is 0.421. The molecule has 2 rings (SSSR count). The molecule has 1 aromatic carbocycles. The second-order valence-corrected chi connectivity index (χ2v) is 6.02. The van der Waals surface area contributed by atoms with Gasteiger partial charge in [0.1, 0.15) is 12.4 Å². The van der Waals surface area contributed by atoms with E-state index in [1.54, 1.807) is 4.90 Å². The lowest BCUT2D eigenvalue weighted by Gasteiger charge is -2.18. The van der Waals surface area contributed by atoms with Gasteiger partial charge in [-0.05, 0) is 24.6 Å². The third-order valence-corrected chi connectivity index (χ3v) is 4.13. The molecule has 0 saturated heterocycles. The van der Waals surface area contributed by atoms with Crippen molar-refractivity contribution in [3.63, 3.8) is 0 Å². The zero-order chi connectivity index (χ0) is 18.2. The highest BCUT2D eigenvalue weighted by Gasteiger charge is 2.15. The molecule has 0 spiro atoms. The molecule has 6 nitrogen and oxygen atoms in total. The Morgan fingerprint density at radius 1 is 1.36 bits per heavy atom. The highest BCUT2D eigenvalue weighted by atomic mass is 16.2. The van der Waals surface area contributed by atoms with Crippen molar-refractivity contribution in [3.05, 3.63) is 42.7 Å². The normalized spacial score (nSPS) is 10.6. The van der Waals surface area contributed by atoms with E-state index in [2.05, 4.69) is 23.8 Å². The number of para-hydroxylation sites is 2. The van der Waals surface area contributed by atoms with Gasteiger partial charge in [0.2, 0.25) is 11.8 Å². The molecule has 0 atom stereocenters. The molecule has 0 aliphatic rings. The molecule has 0 aliphatic carbocycles.